The van der Waals surface area contributed by atoms with E-state index in [1.807, 2.05) is 0 Å². The van der Waals surface area contributed by atoms with Gasteiger partial charge in [-0.05, 0) is 38.0 Å². The molecule has 0 aliphatic heterocycles. The van der Waals surface area contributed by atoms with Gasteiger partial charge in [0.2, 0.25) is 17.7 Å². The lowest BCUT2D eigenvalue weighted by Gasteiger charge is -2.30. The Morgan fingerprint density at radius 3 is 2.45 bits per heavy atom. The number of hydrogen-bond acceptors (Lipinski definition) is 5. The molecule has 3 fully saturated rings. The Bertz CT molecular complexity index is 717. The molecule has 2 atom stereocenters. The highest BCUT2D eigenvalue weighted by molar-refractivity contribution is 5.82. The van der Waals surface area contributed by atoms with E-state index in [0.717, 1.165) is 50.8 Å². The third kappa shape index (κ3) is 4.81. The monoisotopic (exact) mass is 402 g/mol. The van der Waals surface area contributed by atoms with Crippen LogP contribution in [0.3, 0.4) is 0 Å². The highest BCUT2D eigenvalue weighted by Crippen LogP contribution is 2.38. The van der Waals surface area contributed by atoms with E-state index in [-0.39, 0.29) is 24.2 Å². The minimum absolute atomic E-state index is 0.0525. The molecule has 0 saturated heterocycles. The Kier molecular flexibility index (Phi) is 6.20. The van der Waals surface area contributed by atoms with Gasteiger partial charge in [0.15, 0.2) is 5.82 Å². The maximum atomic E-state index is 12.7. The van der Waals surface area contributed by atoms with Crippen molar-refractivity contribution in [3.63, 3.8) is 0 Å². The van der Waals surface area contributed by atoms with E-state index in [1.54, 1.807) is 0 Å². The fourth-order valence-corrected chi connectivity index (χ4v) is 4.95. The van der Waals surface area contributed by atoms with E-state index in [0.29, 0.717) is 24.2 Å². The van der Waals surface area contributed by atoms with Crippen molar-refractivity contribution in [3.05, 3.63) is 11.7 Å². The lowest BCUT2D eigenvalue weighted by atomic mass is 9.89. The number of amides is 2. The summed E-state index contributed by atoms with van der Waals surface area (Å²) in [5.74, 6) is 2.39. The summed E-state index contributed by atoms with van der Waals surface area (Å²) in [5, 5.41) is 10.5. The zero-order chi connectivity index (χ0) is 20.3. The average molecular weight is 403 g/mol. The average Bonchev–Trinajstić information content (AvgIpc) is 3.09. The predicted molar refractivity (Wildman–Crippen MR) is 108 cm³/mol. The standard InChI is InChI=1S/C22H34N4O3/c1-15-14-17(15)19(28)23-13-10-18(27)25-22(11-6-2-3-7-12-22)21-24-20(29-26-21)16-8-4-5-9-16/h15-17H,2-14H2,1H3,(H,23,28)(H,25,27). The van der Waals surface area contributed by atoms with Crippen LogP contribution in [0, 0.1) is 11.8 Å². The van der Waals surface area contributed by atoms with E-state index in [9.17, 15) is 9.59 Å². The van der Waals surface area contributed by atoms with E-state index in [4.69, 9.17) is 9.51 Å². The second-order valence-corrected chi connectivity index (χ2v) is 9.34. The van der Waals surface area contributed by atoms with Gasteiger partial charge in [-0.3, -0.25) is 9.59 Å². The van der Waals surface area contributed by atoms with Crippen molar-refractivity contribution in [1.82, 2.24) is 20.8 Å². The number of carbonyl (C=O) groups excluding carboxylic acids is 2. The lowest BCUT2D eigenvalue weighted by Crippen LogP contribution is -2.47. The van der Waals surface area contributed by atoms with Gasteiger partial charge < -0.3 is 15.2 Å². The summed E-state index contributed by atoms with van der Waals surface area (Å²) in [5.41, 5.74) is -0.539. The van der Waals surface area contributed by atoms with E-state index < -0.39 is 5.54 Å². The van der Waals surface area contributed by atoms with Crippen molar-refractivity contribution in [2.75, 3.05) is 6.54 Å². The van der Waals surface area contributed by atoms with Crippen molar-refractivity contribution in [2.45, 2.75) is 95.4 Å². The molecule has 3 aliphatic rings. The van der Waals surface area contributed by atoms with Gasteiger partial charge in [0.25, 0.3) is 0 Å². The van der Waals surface area contributed by atoms with E-state index in [2.05, 4.69) is 22.7 Å². The first-order valence-corrected chi connectivity index (χ1v) is 11.5. The molecular weight excluding hydrogens is 368 g/mol. The zero-order valence-corrected chi connectivity index (χ0v) is 17.5. The number of nitrogens with zero attached hydrogens (tertiary/aromatic N) is 2. The maximum absolute atomic E-state index is 12.7. The molecular formula is C22H34N4O3. The first-order chi connectivity index (χ1) is 14.1. The SMILES string of the molecule is CC1CC1C(=O)NCCC(=O)NC1(c2noc(C3CCCC3)n2)CCCCCC1. The van der Waals surface area contributed by atoms with Gasteiger partial charge >= 0.3 is 0 Å². The molecule has 0 aromatic carbocycles. The molecule has 4 rings (SSSR count). The molecule has 1 aromatic rings. The van der Waals surface area contributed by atoms with Gasteiger partial charge in [0, 0.05) is 24.8 Å². The summed E-state index contributed by atoms with van der Waals surface area (Å²) in [7, 11) is 0. The Labute approximate surface area is 172 Å². The molecule has 0 spiro atoms. The molecule has 3 aliphatic carbocycles. The van der Waals surface area contributed by atoms with E-state index in [1.165, 1.54) is 25.7 Å². The van der Waals surface area contributed by atoms with Crippen molar-refractivity contribution >= 4 is 11.8 Å². The Balaban J connectivity index is 1.39. The van der Waals surface area contributed by atoms with Crippen LogP contribution in [-0.2, 0) is 15.1 Å². The van der Waals surface area contributed by atoms with Crippen molar-refractivity contribution < 1.29 is 14.1 Å². The second-order valence-electron chi connectivity index (χ2n) is 9.34. The van der Waals surface area contributed by atoms with Gasteiger partial charge in [-0.2, -0.15) is 4.98 Å². The molecule has 7 heteroatoms. The van der Waals surface area contributed by atoms with Crippen LogP contribution in [0.25, 0.3) is 0 Å². The Hall–Kier alpha value is -1.92. The molecule has 2 amide bonds. The van der Waals surface area contributed by atoms with Crippen LogP contribution in [0.5, 0.6) is 0 Å². The number of nitrogens with one attached hydrogen (secondary N) is 2. The van der Waals surface area contributed by atoms with Crippen molar-refractivity contribution in [1.29, 1.82) is 0 Å². The number of rotatable bonds is 7. The van der Waals surface area contributed by atoms with Crippen LogP contribution in [0.15, 0.2) is 4.52 Å². The summed E-state index contributed by atoms with van der Waals surface area (Å²) in [6.07, 6.45) is 12.0. The molecule has 160 valence electrons. The molecule has 7 nitrogen and oxygen atoms in total. The Morgan fingerprint density at radius 2 is 1.79 bits per heavy atom. The number of aromatic nitrogens is 2. The third-order valence-corrected chi connectivity index (χ3v) is 7.01. The molecule has 0 radical (unpaired) electrons. The highest BCUT2D eigenvalue weighted by atomic mass is 16.5. The minimum Gasteiger partial charge on any atom is -0.355 e. The summed E-state index contributed by atoms with van der Waals surface area (Å²) < 4.78 is 5.64. The summed E-state index contributed by atoms with van der Waals surface area (Å²) in [4.78, 5) is 29.5. The van der Waals surface area contributed by atoms with Crippen LogP contribution in [-0.4, -0.2) is 28.5 Å². The molecule has 0 bridgehead atoms. The molecule has 1 aromatic heterocycles. The van der Waals surface area contributed by atoms with Crippen molar-refractivity contribution in [3.8, 4) is 0 Å². The van der Waals surface area contributed by atoms with E-state index >= 15 is 0 Å². The topological polar surface area (TPSA) is 97.1 Å². The molecule has 3 saturated carbocycles. The smallest absolute Gasteiger partial charge is 0.229 e. The van der Waals surface area contributed by atoms with Gasteiger partial charge in [0.05, 0.1) is 0 Å². The normalized spacial score (nSPS) is 26.7. The van der Waals surface area contributed by atoms with Crippen LogP contribution in [0.2, 0.25) is 0 Å². The third-order valence-electron chi connectivity index (χ3n) is 7.01. The highest BCUT2D eigenvalue weighted by Gasteiger charge is 2.40. The van der Waals surface area contributed by atoms with Gasteiger partial charge in [-0.15, -0.1) is 0 Å². The Morgan fingerprint density at radius 1 is 1.10 bits per heavy atom. The molecule has 29 heavy (non-hydrogen) atoms. The van der Waals surface area contributed by atoms with Crippen molar-refractivity contribution in [2.24, 2.45) is 11.8 Å². The molecule has 2 unspecified atom stereocenters. The maximum Gasteiger partial charge on any atom is 0.229 e. The quantitative estimate of drug-likeness (QED) is 0.680. The van der Waals surface area contributed by atoms with Crippen LogP contribution in [0.1, 0.15) is 102 Å². The fraction of sp³-hybridized carbons (Fsp3) is 0.818. The first kappa shape index (κ1) is 20.4. The molecule has 2 N–H and O–H groups in total. The largest absolute Gasteiger partial charge is 0.355 e. The fourth-order valence-electron chi connectivity index (χ4n) is 4.95. The van der Waals surface area contributed by atoms with Gasteiger partial charge in [0.1, 0.15) is 5.54 Å². The summed E-state index contributed by atoms with van der Waals surface area (Å²) in [6, 6.07) is 0. The van der Waals surface area contributed by atoms with Crippen LogP contribution < -0.4 is 10.6 Å². The van der Waals surface area contributed by atoms with Crippen LogP contribution >= 0.6 is 0 Å². The van der Waals surface area contributed by atoms with Crippen LogP contribution in [0.4, 0.5) is 0 Å². The van der Waals surface area contributed by atoms with Gasteiger partial charge in [-0.1, -0.05) is 50.6 Å². The minimum atomic E-state index is -0.539. The summed E-state index contributed by atoms with van der Waals surface area (Å²) in [6.45, 7) is 2.46. The predicted octanol–water partition coefficient (Wildman–Crippen LogP) is 3.56. The lowest BCUT2D eigenvalue weighted by molar-refractivity contribution is -0.124. The number of hydrogen-bond donors (Lipinski definition) is 2. The first-order valence-electron chi connectivity index (χ1n) is 11.5. The summed E-state index contributed by atoms with van der Waals surface area (Å²) >= 11 is 0. The second kappa shape index (κ2) is 8.84. The zero-order valence-electron chi connectivity index (χ0n) is 17.5. The molecule has 1 heterocycles. The number of carbonyl (C=O) groups is 2. The van der Waals surface area contributed by atoms with Gasteiger partial charge in [-0.25, -0.2) is 0 Å².